The van der Waals surface area contributed by atoms with E-state index in [4.69, 9.17) is 0 Å². The molecular weight excluding hydrogens is 127 g/mol. The van der Waals surface area contributed by atoms with Gasteiger partial charge in [0.2, 0.25) is 0 Å². The maximum atomic E-state index is 9.56. The molecule has 0 bridgehead atoms. The van der Waals surface area contributed by atoms with E-state index in [2.05, 4.69) is 0 Å². The molecule has 0 aliphatic carbocycles. The van der Waals surface area contributed by atoms with Crippen molar-refractivity contribution in [2.45, 2.75) is 0 Å². The van der Waals surface area contributed by atoms with Crippen LogP contribution >= 0.6 is 0 Å². The van der Waals surface area contributed by atoms with Crippen LogP contribution in [0.2, 0.25) is 0 Å². The summed E-state index contributed by atoms with van der Waals surface area (Å²) >= 11 is 0. The third kappa shape index (κ3) is 159. The second kappa shape index (κ2) is 15.7. The summed E-state index contributed by atoms with van der Waals surface area (Å²) in [6, 6.07) is 0. The molecule has 0 atom stereocenters. The van der Waals surface area contributed by atoms with E-state index >= 15 is 0 Å². The minimum Gasteiger partial charge on any atom is -0.870 e. The SMILES string of the molecule is CS(C)=O.O.[Na+].[OH-]. The molecule has 0 rings (SSSR count). The van der Waals surface area contributed by atoms with Gasteiger partial charge >= 0.3 is 29.6 Å². The monoisotopic (exact) mass is 136 g/mol. The molecule has 0 aromatic rings. The van der Waals surface area contributed by atoms with Crippen LogP contribution in [-0.4, -0.2) is 27.7 Å². The van der Waals surface area contributed by atoms with Crippen LogP contribution in [0.1, 0.15) is 0 Å². The van der Waals surface area contributed by atoms with E-state index in [-0.39, 0.29) is 40.5 Å². The Morgan fingerprint density at radius 1 is 1.29 bits per heavy atom. The average Bonchev–Trinajstić information content (AvgIpc) is 0.811. The normalized spacial score (nSPS) is 5.00. The van der Waals surface area contributed by atoms with Gasteiger partial charge in [-0.3, -0.25) is 4.21 Å². The van der Waals surface area contributed by atoms with E-state index in [1.807, 2.05) is 0 Å². The first-order chi connectivity index (χ1) is 1.73. The van der Waals surface area contributed by atoms with Crippen molar-refractivity contribution in [1.29, 1.82) is 0 Å². The molecule has 7 heavy (non-hydrogen) atoms. The van der Waals surface area contributed by atoms with Gasteiger partial charge < -0.3 is 11.0 Å². The van der Waals surface area contributed by atoms with E-state index in [9.17, 15) is 4.21 Å². The van der Waals surface area contributed by atoms with Crippen LogP contribution in [-0.2, 0) is 10.8 Å². The van der Waals surface area contributed by atoms with Crippen LogP contribution in [0.3, 0.4) is 0 Å². The van der Waals surface area contributed by atoms with Crippen LogP contribution in [0.4, 0.5) is 0 Å². The molecule has 0 radical (unpaired) electrons. The Balaban J connectivity index is -0.0000000150. The zero-order chi connectivity index (χ0) is 3.58. The molecule has 5 heteroatoms. The summed E-state index contributed by atoms with van der Waals surface area (Å²) in [6.07, 6.45) is 3.28. The summed E-state index contributed by atoms with van der Waals surface area (Å²) in [4.78, 5) is 0. The fraction of sp³-hybridized carbons (Fsp3) is 1.00. The van der Waals surface area contributed by atoms with Crippen molar-refractivity contribution in [3.05, 3.63) is 0 Å². The zero-order valence-corrected chi connectivity index (χ0v) is 7.58. The van der Waals surface area contributed by atoms with Crippen molar-refractivity contribution in [2.24, 2.45) is 0 Å². The average molecular weight is 136 g/mol. The summed E-state index contributed by atoms with van der Waals surface area (Å²) in [5.41, 5.74) is 0. The molecular formula is C2H9NaO3S. The first kappa shape index (κ1) is 24.4. The van der Waals surface area contributed by atoms with Crippen LogP contribution in [0.15, 0.2) is 0 Å². The minimum atomic E-state index is -0.611. The molecule has 0 aromatic heterocycles. The van der Waals surface area contributed by atoms with E-state index in [1.165, 1.54) is 0 Å². The quantitative estimate of drug-likeness (QED) is 0.318. The zero-order valence-electron chi connectivity index (χ0n) is 4.76. The Bertz CT molecular complexity index is 35.9. The summed E-state index contributed by atoms with van der Waals surface area (Å²) in [7, 11) is -0.611. The largest absolute Gasteiger partial charge is 1.00 e. The van der Waals surface area contributed by atoms with Gasteiger partial charge in [0, 0.05) is 23.3 Å². The molecule has 3 nitrogen and oxygen atoms in total. The molecule has 0 aromatic carbocycles. The molecule has 0 spiro atoms. The van der Waals surface area contributed by atoms with Crippen LogP contribution in [0, 0.1) is 0 Å². The summed E-state index contributed by atoms with van der Waals surface area (Å²) in [5, 5.41) is 0. The van der Waals surface area contributed by atoms with Gasteiger partial charge in [0.15, 0.2) is 0 Å². The molecule has 0 unspecified atom stereocenters. The molecule has 3 N–H and O–H groups in total. The molecule has 0 fully saturated rings. The Morgan fingerprint density at radius 3 is 1.29 bits per heavy atom. The third-order valence-electron chi connectivity index (χ3n) is 0. The predicted octanol–water partition coefficient (Wildman–Crippen LogP) is -4.00. The Labute approximate surface area is 67.9 Å². The molecule has 0 aliphatic rings. The van der Waals surface area contributed by atoms with E-state index in [0.717, 1.165) is 0 Å². The number of hydrogen-bond donors (Lipinski definition) is 0. The van der Waals surface area contributed by atoms with Crippen molar-refractivity contribution < 1.29 is 44.7 Å². The van der Waals surface area contributed by atoms with Crippen molar-refractivity contribution in [1.82, 2.24) is 0 Å². The van der Waals surface area contributed by atoms with Crippen LogP contribution in [0.25, 0.3) is 0 Å². The fourth-order valence-corrected chi connectivity index (χ4v) is 0. The van der Waals surface area contributed by atoms with Crippen molar-refractivity contribution in [3.8, 4) is 0 Å². The Hall–Kier alpha value is 1.07. The van der Waals surface area contributed by atoms with Gasteiger partial charge in [-0.2, -0.15) is 0 Å². The second-order valence-electron chi connectivity index (χ2n) is 0.742. The smallest absolute Gasteiger partial charge is 0.870 e. The van der Waals surface area contributed by atoms with E-state index < -0.39 is 10.8 Å². The first-order valence-corrected chi connectivity index (χ1v) is 2.95. The van der Waals surface area contributed by atoms with Gasteiger partial charge in [-0.25, -0.2) is 0 Å². The molecule has 0 saturated heterocycles. The van der Waals surface area contributed by atoms with Gasteiger partial charge in [-0.1, -0.05) is 0 Å². The number of rotatable bonds is 0. The van der Waals surface area contributed by atoms with Gasteiger partial charge in [0.05, 0.1) is 0 Å². The number of hydrogen-bond acceptors (Lipinski definition) is 2. The first-order valence-electron chi connectivity index (χ1n) is 0.983. The van der Waals surface area contributed by atoms with Crippen molar-refractivity contribution >= 4 is 10.8 Å². The molecule has 0 heterocycles. The summed E-state index contributed by atoms with van der Waals surface area (Å²) in [5.74, 6) is 0. The Morgan fingerprint density at radius 2 is 1.29 bits per heavy atom. The van der Waals surface area contributed by atoms with Crippen LogP contribution in [0.5, 0.6) is 0 Å². The van der Waals surface area contributed by atoms with Crippen LogP contribution < -0.4 is 29.6 Å². The van der Waals surface area contributed by atoms with E-state index in [0.29, 0.717) is 0 Å². The van der Waals surface area contributed by atoms with Gasteiger partial charge in [0.25, 0.3) is 0 Å². The maximum Gasteiger partial charge on any atom is 1.00 e. The predicted molar refractivity (Wildman–Crippen MR) is 25.5 cm³/mol. The topological polar surface area (TPSA) is 78.6 Å². The Kier molecular flexibility index (Phi) is 54.7. The maximum absolute atomic E-state index is 9.56. The van der Waals surface area contributed by atoms with E-state index in [1.54, 1.807) is 12.5 Å². The standard InChI is InChI=1S/C2H6OS.Na.2H2O/c1-4(2)3;;;/h1-2H3;;2*1H2/q;+1;;/p-1. The van der Waals surface area contributed by atoms with Gasteiger partial charge in [0.1, 0.15) is 0 Å². The summed E-state index contributed by atoms with van der Waals surface area (Å²) < 4.78 is 9.56. The molecule has 0 aliphatic heterocycles. The molecule has 0 amide bonds. The van der Waals surface area contributed by atoms with Crippen molar-refractivity contribution in [3.63, 3.8) is 0 Å². The second-order valence-corrected chi connectivity index (χ2v) is 2.22. The third-order valence-corrected chi connectivity index (χ3v) is 0. The van der Waals surface area contributed by atoms with Gasteiger partial charge in [-0.05, 0) is 0 Å². The minimum absolute atomic E-state index is 0. The molecule has 42 valence electrons. The van der Waals surface area contributed by atoms with Crippen molar-refractivity contribution in [2.75, 3.05) is 12.5 Å². The fourth-order valence-electron chi connectivity index (χ4n) is 0. The molecule has 0 saturated carbocycles. The summed E-state index contributed by atoms with van der Waals surface area (Å²) in [6.45, 7) is 0. The van der Waals surface area contributed by atoms with Gasteiger partial charge in [-0.15, -0.1) is 0 Å².